The van der Waals surface area contributed by atoms with E-state index in [0.717, 1.165) is 12.3 Å². The zero-order chi connectivity index (χ0) is 28.6. The number of rotatable bonds is 13. The molecule has 0 radical (unpaired) electrons. The average molecular weight is 603 g/mol. The Balaban J connectivity index is 1.78. The number of benzene rings is 4. The Morgan fingerprint density at radius 2 is 0.650 bits per heavy atom. The van der Waals surface area contributed by atoms with E-state index in [2.05, 4.69) is 161 Å². The van der Waals surface area contributed by atoms with Crippen molar-refractivity contribution in [2.45, 2.75) is 51.5 Å². The third-order valence-electron chi connectivity index (χ3n) is 6.42. The largest absolute Gasteiger partial charge is 0.412 e. The molecule has 40 heavy (non-hydrogen) atoms. The van der Waals surface area contributed by atoms with Crippen LogP contribution >= 0.6 is 15.8 Å². The summed E-state index contributed by atoms with van der Waals surface area (Å²) in [7, 11) is -4.99. The molecule has 0 aliphatic heterocycles. The van der Waals surface area contributed by atoms with Crippen LogP contribution in [0.2, 0.25) is 39.3 Å². The maximum atomic E-state index is 7.15. The van der Waals surface area contributed by atoms with E-state index in [0.29, 0.717) is 0 Å². The summed E-state index contributed by atoms with van der Waals surface area (Å²) in [6, 6.07) is 44.1. The first-order valence-corrected chi connectivity index (χ1v) is 24.1. The Hall–Kier alpha value is -1.91. The second kappa shape index (κ2) is 14.3. The van der Waals surface area contributed by atoms with E-state index in [9.17, 15) is 0 Å². The van der Waals surface area contributed by atoms with Gasteiger partial charge in [-0.15, -0.1) is 0 Å². The maximum absolute atomic E-state index is 7.15. The molecule has 2 atom stereocenters. The summed E-state index contributed by atoms with van der Waals surface area (Å²) in [5, 5.41) is 5.59. The molecule has 4 aromatic carbocycles. The highest BCUT2D eigenvalue weighted by Gasteiger charge is 2.36. The fourth-order valence-electron chi connectivity index (χ4n) is 4.88. The monoisotopic (exact) mass is 602 g/mol. The molecule has 4 aromatic rings. The van der Waals surface area contributed by atoms with Crippen molar-refractivity contribution >= 4 is 53.7 Å². The van der Waals surface area contributed by atoms with Crippen molar-refractivity contribution in [2.75, 3.05) is 12.3 Å². The molecule has 6 heteroatoms. The Bertz CT molecular complexity index is 1100. The molecule has 0 aliphatic carbocycles. The van der Waals surface area contributed by atoms with Crippen molar-refractivity contribution in [3.05, 3.63) is 121 Å². The topological polar surface area (TPSA) is 18.5 Å². The standard InChI is InChI=1S/C34H44O2P2Si2/c1-39(2,3)35-33(27-37(29-19-11-7-12-20-29)30-21-13-8-14-22-30)34(36-40(4,5)6)28-38(31-23-15-9-16-24-31)32-25-17-10-18-26-32/h7-26,33-34H,27-28H2,1-6H3/t33-,34-/m0/s1. The molecule has 2 nitrogen and oxygen atoms in total. The van der Waals surface area contributed by atoms with Crippen LogP contribution in [0.25, 0.3) is 0 Å². The van der Waals surface area contributed by atoms with Gasteiger partial charge in [0.1, 0.15) is 0 Å². The summed E-state index contributed by atoms with van der Waals surface area (Å²) in [5.41, 5.74) is 0. The normalized spacial score (nSPS) is 13.9. The van der Waals surface area contributed by atoms with Crippen LogP contribution in [0.3, 0.4) is 0 Å². The molecular formula is C34H44O2P2Si2. The first-order valence-electron chi connectivity index (χ1n) is 14.2. The molecule has 0 saturated heterocycles. The van der Waals surface area contributed by atoms with E-state index in [1.54, 1.807) is 0 Å². The molecular weight excluding hydrogens is 558 g/mol. The van der Waals surface area contributed by atoms with Crippen molar-refractivity contribution in [1.29, 1.82) is 0 Å². The van der Waals surface area contributed by atoms with E-state index in [-0.39, 0.29) is 12.2 Å². The van der Waals surface area contributed by atoms with Crippen molar-refractivity contribution in [1.82, 2.24) is 0 Å². The molecule has 0 fully saturated rings. The predicted molar refractivity (Wildman–Crippen MR) is 184 cm³/mol. The second-order valence-corrected chi connectivity index (χ2v) is 25.5. The van der Waals surface area contributed by atoms with Gasteiger partial charge < -0.3 is 8.85 Å². The Labute approximate surface area is 246 Å². The van der Waals surface area contributed by atoms with Crippen LogP contribution in [-0.4, -0.2) is 41.2 Å². The third-order valence-corrected chi connectivity index (χ3v) is 13.6. The SMILES string of the molecule is C[Si](C)(C)O[C@@H](CP(c1ccccc1)c1ccccc1)[C@H](CP(c1ccccc1)c1ccccc1)O[Si](C)(C)C. The van der Waals surface area contributed by atoms with Crippen molar-refractivity contribution in [3.8, 4) is 0 Å². The fourth-order valence-corrected chi connectivity index (χ4v) is 12.4. The van der Waals surface area contributed by atoms with E-state index < -0.39 is 32.5 Å². The van der Waals surface area contributed by atoms with Gasteiger partial charge in [0, 0.05) is 12.3 Å². The first kappa shape index (κ1) is 31.0. The molecule has 0 N–H and O–H groups in total. The second-order valence-electron chi connectivity index (χ2n) is 12.1. The maximum Gasteiger partial charge on any atom is 0.184 e. The Morgan fingerprint density at radius 3 is 0.850 bits per heavy atom. The van der Waals surface area contributed by atoms with Crippen molar-refractivity contribution < 1.29 is 8.85 Å². The van der Waals surface area contributed by atoms with Crippen LogP contribution in [-0.2, 0) is 8.85 Å². The van der Waals surface area contributed by atoms with Crippen LogP contribution in [0.4, 0.5) is 0 Å². The molecule has 0 heterocycles. The summed E-state index contributed by atoms with van der Waals surface area (Å²) in [5.74, 6) is 0. The van der Waals surface area contributed by atoms with Gasteiger partial charge in [-0.3, -0.25) is 0 Å². The molecule has 0 saturated carbocycles. The predicted octanol–water partition coefficient (Wildman–Crippen LogP) is 7.69. The molecule has 0 amide bonds. The molecule has 0 unspecified atom stereocenters. The molecule has 0 aromatic heterocycles. The lowest BCUT2D eigenvalue weighted by molar-refractivity contribution is 0.0731. The number of hydrogen-bond donors (Lipinski definition) is 0. The van der Waals surface area contributed by atoms with Gasteiger partial charge in [0.25, 0.3) is 0 Å². The fraction of sp³-hybridized carbons (Fsp3) is 0.294. The summed E-state index contributed by atoms with van der Waals surface area (Å²) in [6.45, 7) is 13.9. The highest BCUT2D eigenvalue weighted by molar-refractivity contribution is 7.73. The summed E-state index contributed by atoms with van der Waals surface area (Å²) < 4.78 is 14.3. The van der Waals surface area contributed by atoms with Crippen LogP contribution in [0.5, 0.6) is 0 Å². The van der Waals surface area contributed by atoms with Gasteiger partial charge in [-0.2, -0.15) is 0 Å². The zero-order valence-corrected chi connectivity index (χ0v) is 28.6. The lowest BCUT2D eigenvalue weighted by atomic mass is 10.2. The first-order chi connectivity index (χ1) is 19.1. The van der Waals surface area contributed by atoms with Crippen LogP contribution in [0.15, 0.2) is 121 Å². The van der Waals surface area contributed by atoms with Gasteiger partial charge in [0.05, 0.1) is 12.2 Å². The quantitative estimate of drug-likeness (QED) is 0.115. The van der Waals surface area contributed by atoms with Crippen LogP contribution in [0.1, 0.15) is 0 Å². The molecule has 210 valence electrons. The lowest BCUT2D eigenvalue weighted by Gasteiger charge is -2.39. The Morgan fingerprint density at radius 1 is 0.425 bits per heavy atom. The van der Waals surface area contributed by atoms with E-state index in [1.807, 2.05) is 0 Å². The summed E-state index contributed by atoms with van der Waals surface area (Å²) in [4.78, 5) is 0. The minimum absolute atomic E-state index is 0.0161. The third kappa shape index (κ3) is 9.59. The van der Waals surface area contributed by atoms with Crippen molar-refractivity contribution in [2.24, 2.45) is 0 Å². The minimum atomic E-state index is -1.88. The van der Waals surface area contributed by atoms with E-state index in [4.69, 9.17) is 8.85 Å². The lowest BCUT2D eigenvalue weighted by Crippen LogP contribution is -2.48. The summed E-state index contributed by atoms with van der Waals surface area (Å²) in [6.07, 6.45) is 1.94. The van der Waals surface area contributed by atoms with Gasteiger partial charge in [0.15, 0.2) is 16.6 Å². The molecule has 0 bridgehead atoms. The highest BCUT2D eigenvalue weighted by Crippen LogP contribution is 2.41. The van der Waals surface area contributed by atoms with Gasteiger partial charge in [-0.05, 0) is 76.3 Å². The smallest absolute Gasteiger partial charge is 0.184 e. The molecule has 4 rings (SSSR count). The van der Waals surface area contributed by atoms with Crippen LogP contribution < -0.4 is 21.2 Å². The number of hydrogen-bond acceptors (Lipinski definition) is 2. The van der Waals surface area contributed by atoms with Gasteiger partial charge >= 0.3 is 0 Å². The highest BCUT2D eigenvalue weighted by atomic mass is 31.1. The van der Waals surface area contributed by atoms with Crippen molar-refractivity contribution in [3.63, 3.8) is 0 Å². The van der Waals surface area contributed by atoms with Gasteiger partial charge in [-0.1, -0.05) is 121 Å². The van der Waals surface area contributed by atoms with Gasteiger partial charge in [-0.25, -0.2) is 0 Å². The van der Waals surface area contributed by atoms with E-state index in [1.165, 1.54) is 21.2 Å². The summed E-state index contributed by atoms with van der Waals surface area (Å²) >= 11 is 0. The molecule has 0 spiro atoms. The van der Waals surface area contributed by atoms with E-state index >= 15 is 0 Å². The average Bonchev–Trinajstić information content (AvgIpc) is 2.94. The van der Waals surface area contributed by atoms with Crippen LogP contribution in [0, 0.1) is 0 Å². The minimum Gasteiger partial charge on any atom is -0.412 e. The Kier molecular flexibility index (Phi) is 11.1. The zero-order valence-electron chi connectivity index (χ0n) is 24.8. The molecule has 0 aliphatic rings. The van der Waals surface area contributed by atoms with Gasteiger partial charge in [0.2, 0.25) is 0 Å².